The number of Topliss-reactive ketones (excluding diaryl/α,β-unsaturated/α-hetero) is 1. The van der Waals surface area contributed by atoms with E-state index in [1.54, 1.807) is 36.6 Å². The van der Waals surface area contributed by atoms with Crippen LogP contribution in [0.25, 0.3) is 21.5 Å². The Labute approximate surface area is 184 Å². The third-order valence-corrected chi connectivity index (χ3v) is 6.37. The predicted molar refractivity (Wildman–Crippen MR) is 120 cm³/mol. The fraction of sp³-hybridized carbons (Fsp3) is 0.250. The van der Waals surface area contributed by atoms with Gasteiger partial charge in [-0.2, -0.15) is 0 Å². The highest BCUT2D eigenvalue weighted by Crippen LogP contribution is 2.36. The minimum Gasteiger partial charge on any atom is -0.493 e. The first-order valence-corrected chi connectivity index (χ1v) is 10.8. The van der Waals surface area contributed by atoms with Gasteiger partial charge < -0.3 is 19.0 Å². The topological polar surface area (TPSA) is 81.8 Å². The summed E-state index contributed by atoms with van der Waals surface area (Å²) in [6.45, 7) is 2.07. The first kappa shape index (κ1) is 21.1. The molecule has 31 heavy (non-hydrogen) atoms. The van der Waals surface area contributed by atoms with Gasteiger partial charge in [-0.05, 0) is 37.1 Å². The first-order chi connectivity index (χ1) is 15.0. The Morgan fingerprint density at radius 3 is 2.77 bits per heavy atom. The van der Waals surface area contributed by atoms with E-state index in [1.807, 2.05) is 17.5 Å². The summed E-state index contributed by atoms with van der Waals surface area (Å²) in [5.41, 5.74) is 3.03. The Morgan fingerprint density at radius 2 is 2.00 bits per heavy atom. The quantitative estimate of drug-likeness (QED) is 0.363. The highest BCUT2D eigenvalue weighted by atomic mass is 32.1. The van der Waals surface area contributed by atoms with Crippen molar-refractivity contribution in [1.82, 2.24) is 4.98 Å². The van der Waals surface area contributed by atoms with E-state index in [1.165, 1.54) is 23.6 Å². The van der Waals surface area contributed by atoms with Crippen LogP contribution in [-0.4, -0.2) is 30.1 Å². The number of aliphatic hydroxyl groups is 1. The molecule has 0 saturated heterocycles. The smallest absolute Gasteiger partial charge is 0.227 e. The number of fused-ring (bicyclic) bond motifs is 1. The number of aliphatic hydroxyl groups excluding tert-OH is 1. The lowest BCUT2D eigenvalue weighted by atomic mass is 10.0. The van der Waals surface area contributed by atoms with Crippen molar-refractivity contribution in [1.29, 1.82) is 0 Å². The molecule has 2 heterocycles. The van der Waals surface area contributed by atoms with Gasteiger partial charge in [0.2, 0.25) is 5.89 Å². The van der Waals surface area contributed by atoms with Crippen molar-refractivity contribution in [2.75, 3.05) is 14.2 Å². The van der Waals surface area contributed by atoms with Gasteiger partial charge in [-0.3, -0.25) is 4.79 Å². The summed E-state index contributed by atoms with van der Waals surface area (Å²) < 4.78 is 17.3. The molecule has 1 atom stereocenters. The van der Waals surface area contributed by atoms with Crippen molar-refractivity contribution in [3.63, 3.8) is 0 Å². The number of carbonyl (C=O) groups excluding carboxylic acids is 1. The molecule has 0 bridgehead atoms. The molecule has 0 aliphatic heterocycles. The minimum absolute atomic E-state index is 0.0944. The second kappa shape index (κ2) is 8.91. The van der Waals surface area contributed by atoms with Crippen LogP contribution in [0.1, 0.15) is 40.6 Å². The van der Waals surface area contributed by atoms with Gasteiger partial charge in [-0.1, -0.05) is 18.2 Å². The molecule has 1 N–H and O–H groups in total. The number of oxazole rings is 1. The lowest BCUT2D eigenvalue weighted by molar-refractivity contribution is 0.0937. The molecule has 1 unspecified atom stereocenters. The number of benzene rings is 2. The van der Waals surface area contributed by atoms with Gasteiger partial charge in [-0.15, -0.1) is 11.3 Å². The molecule has 7 heteroatoms. The number of ketones is 1. The molecule has 6 nitrogen and oxygen atoms in total. The Morgan fingerprint density at radius 1 is 1.19 bits per heavy atom. The molecule has 0 amide bonds. The van der Waals surface area contributed by atoms with Gasteiger partial charge in [0.1, 0.15) is 12.0 Å². The zero-order chi connectivity index (χ0) is 22.0. The maximum absolute atomic E-state index is 12.6. The van der Waals surface area contributed by atoms with Crippen molar-refractivity contribution in [3.8, 4) is 23.0 Å². The Hall–Kier alpha value is -3.16. The molecule has 0 fully saturated rings. The van der Waals surface area contributed by atoms with E-state index in [2.05, 4.69) is 18.0 Å². The molecule has 4 aromatic rings. The maximum atomic E-state index is 12.6. The van der Waals surface area contributed by atoms with Gasteiger partial charge in [0, 0.05) is 27.5 Å². The van der Waals surface area contributed by atoms with E-state index < -0.39 is 6.10 Å². The largest absolute Gasteiger partial charge is 0.493 e. The number of hydrogen-bond acceptors (Lipinski definition) is 7. The van der Waals surface area contributed by atoms with E-state index in [0.717, 1.165) is 10.9 Å². The van der Waals surface area contributed by atoms with E-state index in [4.69, 9.17) is 13.9 Å². The lowest BCUT2D eigenvalue weighted by Gasteiger charge is -2.10. The summed E-state index contributed by atoms with van der Waals surface area (Å²) in [4.78, 5) is 17.0. The van der Waals surface area contributed by atoms with Gasteiger partial charge >= 0.3 is 0 Å². The average molecular weight is 438 g/mol. The number of carbonyl (C=O) groups is 1. The maximum Gasteiger partial charge on any atom is 0.227 e. The zero-order valence-electron chi connectivity index (χ0n) is 17.5. The van der Waals surface area contributed by atoms with Crippen LogP contribution in [0.3, 0.4) is 0 Å². The van der Waals surface area contributed by atoms with Gasteiger partial charge in [0.05, 0.1) is 25.9 Å². The highest BCUT2D eigenvalue weighted by Gasteiger charge is 2.19. The molecule has 2 aromatic heterocycles. The number of aryl methyl sites for hydroxylation is 1. The fourth-order valence-corrected chi connectivity index (χ4v) is 4.52. The summed E-state index contributed by atoms with van der Waals surface area (Å²) in [6.07, 6.45) is 0.968. The average Bonchev–Trinajstić information content (AvgIpc) is 3.44. The molecular formula is C24H23NO5S. The number of methoxy groups -OCH3 is 2. The molecule has 0 aliphatic carbocycles. The van der Waals surface area contributed by atoms with Crippen LogP contribution < -0.4 is 9.47 Å². The standard InChI is InChI=1S/C24H23NO5S/c1-14-5-4-6-16-17(13-31-23(14)16)24-25-18(12-30-24)20(27)9-8-19(26)15-7-10-21(28-2)22(11-15)29-3/h4-7,10-13,20,27H,8-9H2,1-3H3. The van der Waals surface area contributed by atoms with Crippen LogP contribution in [0.5, 0.6) is 11.5 Å². The molecule has 2 aromatic carbocycles. The summed E-state index contributed by atoms with van der Waals surface area (Å²) in [7, 11) is 3.07. The SMILES string of the molecule is COc1ccc(C(=O)CCC(O)c2coc(-c3csc4c(C)cccc34)n2)cc1OC. The molecule has 0 spiro atoms. The lowest BCUT2D eigenvalue weighted by Crippen LogP contribution is -2.05. The van der Waals surface area contributed by atoms with Gasteiger partial charge in [-0.25, -0.2) is 4.98 Å². The molecule has 0 aliphatic rings. The number of hydrogen-bond donors (Lipinski definition) is 1. The minimum atomic E-state index is -0.895. The van der Waals surface area contributed by atoms with Crippen molar-refractivity contribution >= 4 is 27.2 Å². The van der Waals surface area contributed by atoms with E-state index in [0.29, 0.717) is 28.6 Å². The van der Waals surface area contributed by atoms with Gasteiger partial charge in [0.25, 0.3) is 0 Å². The second-order valence-electron chi connectivity index (χ2n) is 7.23. The highest BCUT2D eigenvalue weighted by molar-refractivity contribution is 7.18. The van der Waals surface area contributed by atoms with Crippen molar-refractivity contribution in [2.45, 2.75) is 25.9 Å². The van der Waals surface area contributed by atoms with Crippen LogP contribution in [0.2, 0.25) is 0 Å². The molecule has 160 valence electrons. The normalized spacial score (nSPS) is 12.1. The van der Waals surface area contributed by atoms with Crippen LogP contribution in [0, 0.1) is 6.92 Å². The second-order valence-corrected chi connectivity index (χ2v) is 8.11. The summed E-state index contributed by atoms with van der Waals surface area (Å²) in [6, 6.07) is 11.1. The van der Waals surface area contributed by atoms with E-state index in [9.17, 15) is 9.90 Å². The molecule has 0 saturated carbocycles. The molecular weight excluding hydrogens is 414 g/mol. The Bertz CT molecular complexity index is 1230. The summed E-state index contributed by atoms with van der Waals surface area (Å²) >= 11 is 1.64. The van der Waals surface area contributed by atoms with Gasteiger partial charge in [0.15, 0.2) is 17.3 Å². The Kier molecular flexibility index (Phi) is 6.06. The van der Waals surface area contributed by atoms with Crippen LogP contribution in [-0.2, 0) is 0 Å². The Balaban J connectivity index is 1.45. The van der Waals surface area contributed by atoms with Crippen LogP contribution in [0.4, 0.5) is 0 Å². The van der Waals surface area contributed by atoms with Crippen molar-refractivity contribution < 1.29 is 23.8 Å². The molecule has 0 radical (unpaired) electrons. The predicted octanol–water partition coefficient (Wildman–Crippen LogP) is 5.58. The third-order valence-electron chi connectivity index (χ3n) is 5.24. The number of rotatable bonds is 8. The van der Waals surface area contributed by atoms with Crippen LogP contribution in [0.15, 0.2) is 52.5 Å². The zero-order valence-corrected chi connectivity index (χ0v) is 18.4. The van der Waals surface area contributed by atoms with Crippen molar-refractivity contribution in [2.24, 2.45) is 0 Å². The number of thiophene rings is 1. The van der Waals surface area contributed by atoms with Crippen LogP contribution >= 0.6 is 11.3 Å². The first-order valence-electron chi connectivity index (χ1n) is 9.87. The summed E-state index contributed by atoms with van der Waals surface area (Å²) in [5.74, 6) is 1.43. The third kappa shape index (κ3) is 4.19. The number of nitrogens with zero attached hydrogens (tertiary/aromatic N) is 1. The fourth-order valence-electron chi connectivity index (χ4n) is 3.50. The summed E-state index contributed by atoms with van der Waals surface area (Å²) in [5, 5.41) is 13.6. The van der Waals surface area contributed by atoms with E-state index >= 15 is 0 Å². The monoisotopic (exact) mass is 437 g/mol. The molecule has 4 rings (SSSR count). The van der Waals surface area contributed by atoms with Crippen molar-refractivity contribution in [3.05, 3.63) is 64.9 Å². The number of ether oxygens (including phenoxy) is 2. The van der Waals surface area contributed by atoms with E-state index in [-0.39, 0.29) is 18.6 Å². The number of aromatic nitrogens is 1.